The van der Waals surface area contributed by atoms with E-state index in [4.69, 9.17) is 0 Å². The Hall–Kier alpha value is -2.39. The first-order chi connectivity index (χ1) is 13.7. The smallest absolute Gasteiger partial charge is 0.326 e. The summed E-state index contributed by atoms with van der Waals surface area (Å²) in [5.74, 6) is -0.128. The van der Waals surface area contributed by atoms with Gasteiger partial charge in [-0.25, -0.2) is 8.42 Å². The third-order valence-corrected chi connectivity index (χ3v) is 7.31. The zero-order valence-corrected chi connectivity index (χ0v) is 16.2. The first-order valence-corrected chi connectivity index (χ1v) is 10.7. The molecule has 1 saturated heterocycles. The summed E-state index contributed by atoms with van der Waals surface area (Å²) in [6.07, 6.45) is -3.06. The lowest BCUT2D eigenvalue weighted by Crippen LogP contribution is -2.32. The third kappa shape index (κ3) is 3.64. The van der Waals surface area contributed by atoms with Gasteiger partial charge in [-0.1, -0.05) is 18.2 Å². The molecule has 154 valence electrons. The predicted octanol–water partition coefficient (Wildman–Crippen LogP) is 4.12. The molecule has 0 spiro atoms. The van der Waals surface area contributed by atoms with E-state index in [9.17, 15) is 26.4 Å². The normalized spacial score (nSPS) is 20.4. The highest BCUT2D eigenvalue weighted by atomic mass is 32.2. The highest BCUT2D eigenvalue weighted by Crippen LogP contribution is 2.42. The van der Waals surface area contributed by atoms with E-state index in [2.05, 4.69) is 5.32 Å². The van der Waals surface area contributed by atoms with E-state index >= 15 is 0 Å². The number of anilines is 1. The number of nitrogens with one attached hydrogen (secondary N) is 1. The molecular weight excluding hydrogens is 405 g/mol. The fourth-order valence-electron chi connectivity index (χ4n) is 4.04. The molecule has 2 aromatic rings. The number of rotatable bonds is 3. The zero-order valence-electron chi connectivity index (χ0n) is 15.4. The Bertz CT molecular complexity index is 1070. The first-order valence-electron chi connectivity index (χ1n) is 9.28. The minimum atomic E-state index is -4.56. The number of fused-ring (bicyclic) bond motifs is 1. The summed E-state index contributed by atoms with van der Waals surface area (Å²) in [5, 5.41) is 2.69. The van der Waals surface area contributed by atoms with Gasteiger partial charge < -0.3 is 5.32 Å². The van der Waals surface area contributed by atoms with E-state index in [-0.39, 0.29) is 29.3 Å². The van der Waals surface area contributed by atoms with Crippen molar-refractivity contribution in [2.45, 2.75) is 42.8 Å². The van der Waals surface area contributed by atoms with Gasteiger partial charge in [0.1, 0.15) is 0 Å². The van der Waals surface area contributed by atoms with Gasteiger partial charge in [0.15, 0.2) is 0 Å². The summed E-state index contributed by atoms with van der Waals surface area (Å²) in [6.45, 7) is 0.160. The third-order valence-electron chi connectivity index (χ3n) is 5.41. The summed E-state index contributed by atoms with van der Waals surface area (Å²) in [5.41, 5.74) is 0.448. The van der Waals surface area contributed by atoms with E-state index in [0.717, 1.165) is 6.07 Å². The van der Waals surface area contributed by atoms with E-state index in [1.165, 1.54) is 40.7 Å². The number of benzene rings is 2. The molecule has 4 rings (SSSR count). The minimum Gasteiger partial charge on any atom is -0.326 e. The van der Waals surface area contributed by atoms with Crippen LogP contribution in [0.15, 0.2) is 47.4 Å². The Morgan fingerprint density at radius 1 is 1.07 bits per heavy atom. The topological polar surface area (TPSA) is 66.5 Å². The molecule has 9 heteroatoms. The number of aryl methyl sites for hydroxylation is 1. The van der Waals surface area contributed by atoms with Crippen molar-refractivity contribution >= 4 is 21.6 Å². The molecule has 2 aliphatic rings. The number of amides is 1. The van der Waals surface area contributed by atoms with Gasteiger partial charge in [0.2, 0.25) is 15.9 Å². The maximum atomic E-state index is 13.5. The van der Waals surface area contributed by atoms with Crippen LogP contribution in [0, 0.1) is 0 Å². The number of alkyl halides is 3. The quantitative estimate of drug-likeness (QED) is 0.806. The molecule has 1 amide bonds. The minimum absolute atomic E-state index is 0.0219. The number of carbonyl (C=O) groups excluding carboxylic acids is 1. The summed E-state index contributed by atoms with van der Waals surface area (Å²) in [7, 11) is -3.99. The van der Waals surface area contributed by atoms with Gasteiger partial charge in [-0.3, -0.25) is 4.79 Å². The average Bonchev–Trinajstić information content (AvgIpc) is 3.17. The number of sulfonamides is 1. The van der Waals surface area contributed by atoms with Crippen molar-refractivity contribution in [3.05, 3.63) is 59.2 Å². The van der Waals surface area contributed by atoms with Crippen LogP contribution in [0.3, 0.4) is 0 Å². The fraction of sp³-hybridized carbons (Fsp3) is 0.350. The molecule has 2 aromatic carbocycles. The van der Waals surface area contributed by atoms with Gasteiger partial charge in [0.25, 0.3) is 0 Å². The Labute approximate surface area is 166 Å². The second kappa shape index (κ2) is 7.14. The standard InChI is InChI=1S/C20H19F3N2O3S/c21-20(22,23)16-5-2-1-4-15(16)18-6-3-11-25(18)29(27,28)14-8-9-17-13(12-14)7-10-19(26)24-17/h1-2,4-5,8-9,12,18H,3,6-7,10-11H2,(H,24,26). The van der Waals surface area contributed by atoms with Crippen molar-refractivity contribution in [3.8, 4) is 0 Å². The van der Waals surface area contributed by atoms with Crippen molar-refractivity contribution < 1.29 is 26.4 Å². The lowest BCUT2D eigenvalue weighted by Gasteiger charge is -2.27. The molecule has 0 saturated carbocycles. The monoisotopic (exact) mass is 424 g/mol. The highest BCUT2D eigenvalue weighted by molar-refractivity contribution is 7.89. The van der Waals surface area contributed by atoms with Gasteiger partial charge in [0.05, 0.1) is 16.5 Å². The van der Waals surface area contributed by atoms with Crippen LogP contribution in [0.1, 0.15) is 42.0 Å². The molecule has 2 heterocycles. The van der Waals surface area contributed by atoms with Crippen LogP contribution in [0.2, 0.25) is 0 Å². The van der Waals surface area contributed by atoms with Crippen molar-refractivity contribution in [1.82, 2.24) is 4.31 Å². The van der Waals surface area contributed by atoms with E-state index in [1.807, 2.05) is 0 Å². The van der Waals surface area contributed by atoms with E-state index in [1.54, 1.807) is 0 Å². The number of nitrogens with zero attached hydrogens (tertiary/aromatic N) is 1. The number of carbonyl (C=O) groups is 1. The van der Waals surface area contributed by atoms with Crippen LogP contribution >= 0.6 is 0 Å². The molecule has 29 heavy (non-hydrogen) atoms. The van der Waals surface area contributed by atoms with Crippen LogP contribution in [0.4, 0.5) is 18.9 Å². The van der Waals surface area contributed by atoms with Gasteiger partial charge in [-0.05, 0) is 54.7 Å². The predicted molar refractivity (Wildman–Crippen MR) is 101 cm³/mol. The maximum absolute atomic E-state index is 13.5. The van der Waals surface area contributed by atoms with Crippen molar-refractivity contribution in [3.63, 3.8) is 0 Å². The van der Waals surface area contributed by atoms with Crippen LogP contribution < -0.4 is 5.32 Å². The first kappa shape index (κ1) is 19.9. The second-order valence-corrected chi connectivity index (χ2v) is 9.12. The van der Waals surface area contributed by atoms with Crippen molar-refractivity contribution in [2.24, 2.45) is 0 Å². The molecule has 0 bridgehead atoms. The summed E-state index contributed by atoms with van der Waals surface area (Å²) in [4.78, 5) is 11.5. The Morgan fingerprint density at radius 2 is 1.83 bits per heavy atom. The Morgan fingerprint density at radius 3 is 2.59 bits per heavy atom. The molecular formula is C20H19F3N2O3S. The van der Waals surface area contributed by atoms with Crippen LogP contribution in [0.25, 0.3) is 0 Å². The molecule has 0 radical (unpaired) electrons. The van der Waals surface area contributed by atoms with Gasteiger partial charge >= 0.3 is 6.18 Å². The molecule has 1 fully saturated rings. The Balaban J connectivity index is 1.72. The summed E-state index contributed by atoms with van der Waals surface area (Å²) < 4.78 is 68.1. The lowest BCUT2D eigenvalue weighted by atomic mass is 9.99. The summed E-state index contributed by atoms with van der Waals surface area (Å²) >= 11 is 0. The molecule has 5 nitrogen and oxygen atoms in total. The second-order valence-electron chi connectivity index (χ2n) is 7.23. The molecule has 1 atom stereocenters. The van der Waals surface area contributed by atoms with Gasteiger partial charge in [-0.2, -0.15) is 17.5 Å². The highest BCUT2D eigenvalue weighted by Gasteiger charge is 2.41. The van der Waals surface area contributed by atoms with Crippen LogP contribution in [0.5, 0.6) is 0 Å². The van der Waals surface area contributed by atoms with Crippen molar-refractivity contribution in [2.75, 3.05) is 11.9 Å². The van der Waals surface area contributed by atoms with Crippen LogP contribution in [-0.2, 0) is 27.4 Å². The molecule has 1 N–H and O–H groups in total. The lowest BCUT2D eigenvalue weighted by molar-refractivity contribution is -0.138. The average molecular weight is 424 g/mol. The van der Waals surface area contributed by atoms with Crippen molar-refractivity contribution in [1.29, 1.82) is 0 Å². The number of hydrogen-bond donors (Lipinski definition) is 1. The molecule has 2 aliphatic heterocycles. The Kier molecular flexibility index (Phi) is 4.90. The molecule has 0 aliphatic carbocycles. The van der Waals surface area contributed by atoms with E-state index in [0.29, 0.717) is 30.5 Å². The molecule has 0 aromatic heterocycles. The van der Waals surface area contributed by atoms with Gasteiger partial charge in [-0.15, -0.1) is 0 Å². The maximum Gasteiger partial charge on any atom is 0.416 e. The van der Waals surface area contributed by atoms with E-state index < -0.39 is 27.8 Å². The number of halogens is 3. The summed E-state index contributed by atoms with van der Waals surface area (Å²) in [6, 6.07) is 8.71. The van der Waals surface area contributed by atoms with Crippen LogP contribution in [-0.4, -0.2) is 25.2 Å². The molecule has 1 unspecified atom stereocenters. The van der Waals surface area contributed by atoms with Gasteiger partial charge in [0, 0.05) is 18.7 Å². The fourth-order valence-corrected chi connectivity index (χ4v) is 5.77. The zero-order chi connectivity index (χ0) is 20.8. The SMILES string of the molecule is O=C1CCc2cc(S(=O)(=O)N3CCCC3c3ccccc3C(F)(F)F)ccc2N1. The number of hydrogen-bond acceptors (Lipinski definition) is 3. The largest absolute Gasteiger partial charge is 0.416 e.